The Morgan fingerprint density at radius 1 is 1.16 bits per heavy atom. The van der Waals surface area contributed by atoms with Crippen molar-refractivity contribution in [1.29, 1.82) is 0 Å². The topological polar surface area (TPSA) is 93.1 Å². The van der Waals surface area contributed by atoms with Crippen LogP contribution in [0.2, 0.25) is 0 Å². The highest BCUT2D eigenvalue weighted by atomic mass is 16.3. The number of fused-ring (bicyclic) bond motifs is 1. The van der Waals surface area contributed by atoms with Crippen molar-refractivity contribution < 1.29 is 19.8 Å². The van der Waals surface area contributed by atoms with Gasteiger partial charge < -0.3 is 20.4 Å². The van der Waals surface area contributed by atoms with Crippen LogP contribution in [0.3, 0.4) is 0 Å². The highest BCUT2D eigenvalue weighted by Crippen LogP contribution is 2.49. The number of hydrogen-bond donors (Lipinski definition) is 3. The first kappa shape index (κ1) is 21.2. The maximum atomic E-state index is 13.6. The van der Waals surface area contributed by atoms with E-state index in [9.17, 15) is 14.7 Å². The molecule has 0 unspecified atom stereocenters. The van der Waals surface area contributed by atoms with E-state index in [0.717, 1.165) is 0 Å². The summed E-state index contributed by atoms with van der Waals surface area (Å²) in [7, 11) is 0. The minimum Gasteiger partial charge on any atom is -0.396 e. The number of amides is 2. The number of carbonyl (C=O) groups is 2. The fourth-order valence-corrected chi connectivity index (χ4v) is 4.25. The lowest BCUT2D eigenvalue weighted by atomic mass is 9.82. The van der Waals surface area contributed by atoms with Crippen molar-refractivity contribution >= 4 is 28.9 Å². The van der Waals surface area contributed by atoms with Crippen LogP contribution < -0.4 is 15.1 Å². The van der Waals surface area contributed by atoms with E-state index in [4.69, 9.17) is 5.11 Å². The Morgan fingerprint density at radius 2 is 1.94 bits per heavy atom. The van der Waals surface area contributed by atoms with Gasteiger partial charge in [0.1, 0.15) is 0 Å². The van der Waals surface area contributed by atoms with Gasteiger partial charge in [-0.25, -0.2) is 0 Å². The summed E-state index contributed by atoms with van der Waals surface area (Å²) in [5.41, 5.74) is 0.628. The zero-order valence-electron chi connectivity index (χ0n) is 17.5. The Hall–Kier alpha value is -3.00. The van der Waals surface area contributed by atoms with Gasteiger partial charge in [-0.3, -0.25) is 14.5 Å². The number of aliphatic hydroxyl groups excluding tert-OH is 1. The Bertz CT molecular complexity index is 1010. The first-order valence-corrected chi connectivity index (χ1v) is 10.5. The molecule has 2 amide bonds. The second-order valence-corrected chi connectivity index (χ2v) is 7.90. The van der Waals surface area contributed by atoms with E-state index >= 15 is 0 Å². The maximum absolute atomic E-state index is 13.6. The van der Waals surface area contributed by atoms with E-state index in [0.29, 0.717) is 42.1 Å². The summed E-state index contributed by atoms with van der Waals surface area (Å²) < 4.78 is 0. The van der Waals surface area contributed by atoms with Crippen LogP contribution in [0, 0.1) is 5.92 Å². The fraction of sp³-hybridized carbons (Fsp3) is 0.333. The molecule has 0 radical (unpaired) electrons. The van der Waals surface area contributed by atoms with Crippen LogP contribution in [0.5, 0.6) is 0 Å². The standard InChI is InChI=1S/C24H27N3O4/c1-17(7-5-6-14-28)24(31)20-15-19(26-13-12-25-16-22(26)29)10-11-21(20)27(23(24)30)18-8-3-2-4-9-18/h2-5,7-11,15,17,25,28,31H,6,12-14,16H2,1H3/b7-5+/t17-,24+/m1/s1. The summed E-state index contributed by atoms with van der Waals surface area (Å²) >= 11 is 0. The van der Waals surface area contributed by atoms with Gasteiger partial charge in [-0.1, -0.05) is 37.3 Å². The van der Waals surface area contributed by atoms with Gasteiger partial charge in [0.15, 0.2) is 5.60 Å². The van der Waals surface area contributed by atoms with Gasteiger partial charge in [0.2, 0.25) is 5.91 Å². The van der Waals surface area contributed by atoms with E-state index in [1.807, 2.05) is 36.4 Å². The Morgan fingerprint density at radius 3 is 2.65 bits per heavy atom. The summed E-state index contributed by atoms with van der Waals surface area (Å²) in [6.45, 7) is 3.25. The molecule has 0 aromatic heterocycles. The van der Waals surface area contributed by atoms with E-state index < -0.39 is 17.4 Å². The van der Waals surface area contributed by atoms with Crippen molar-refractivity contribution in [1.82, 2.24) is 5.32 Å². The number of nitrogens with one attached hydrogen (secondary N) is 1. The van der Waals surface area contributed by atoms with Crippen LogP contribution in [-0.2, 0) is 15.2 Å². The lowest BCUT2D eigenvalue weighted by Gasteiger charge is -2.30. The van der Waals surface area contributed by atoms with Crippen molar-refractivity contribution in [2.75, 3.05) is 36.0 Å². The predicted molar refractivity (Wildman–Crippen MR) is 119 cm³/mol. The molecule has 0 aliphatic carbocycles. The number of benzene rings is 2. The molecule has 2 atom stereocenters. The SMILES string of the molecule is C[C@H](/C=C/CCO)[C@@]1(O)C(=O)N(c2ccccc2)c2ccc(N3CCNCC3=O)cc21. The number of carbonyl (C=O) groups excluding carboxylic acids is 2. The molecule has 2 aliphatic heterocycles. The molecule has 2 heterocycles. The highest BCUT2D eigenvalue weighted by molar-refractivity contribution is 6.12. The molecule has 7 nitrogen and oxygen atoms in total. The van der Waals surface area contributed by atoms with Gasteiger partial charge in [0.05, 0.1) is 12.2 Å². The zero-order valence-corrected chi connectivity index (χ0v) is 17.5. The molecule has 3 N–H and O–H groups in total. The van der Waals surface area contributed by atoms with Gasteiger partial charge in [0, 0.05) is 42.6 Å². The third-order valence-electron chi connectivity index (χ3n) is 5.96. The van der Waals surface area contributed by atoms with Crippen LogP contribution >= 0.6 is 0 Å². The quantitative estimate of drug-likeness (QED) is 0.621. The number of para-hydroxylation sites is 1. The van der Waals surface area contributed by atoms with Crippen LogP contribution in [-0.4, -0.2) is 48.3 Å². The van der Waals surface area contributed by atoms with Gasteiger partial charge in [0.25, 0.3) is 5.91 Å². The maximum Gasteiger partial charge on any atom is 0.268 e. The van der Waals surface area contributed by atoms with Crippen LogP contribution in [0.25, 0.3) is 0 Å². The smallest absolute Gasteiger partial charge is 0.268 e. The number of aliphatic hydroxyl groups is 2. The van der Waals surface area contributed by atoms with Crippen molar-refractivity contribution in [3.05, 3.63) is 66.2 Å². The van der Waals surface area contributed by atoms with Gasteiger partial charge in [-0.2, -0.15) is 0 Å². The van der Waals surface area contributed by atoms with Crippen molar-refractivity contribution in [3.8, 4) is 0 Å². The molecule has 2 aliphatic rings. The largest absolute Gasteiger partial charge is 0.396 e. The summed E-state index contributed by atoms with van der Waals surface area (Å²) in [5.74, 6) is -1.01. The predicted octanol–water partition coefficient (Wildman–Crippen LogP) is 2.06. The number of nitrogens with zero attached hydrogens (tertiary/aromatic N) is 2. The van der Waals surface area contributed by atoms with Crippen molar-refractivity contribution in [2.45, 2.75) is 18.9 Å². The van der Waals surface area contributed by atoms with E-state index in [-0.39, 0.29) is 19.1 Å². The molecule has 0 saturated carbocycles. The molecular weight excluding hydrogens is 394 g/mol. The summed E-state index contributed by atoms with van der Waals surface area (Å²) in [6, 6.07) is 14.6. The van der Waals surface area contributed by atoms with Gasteiger partial charge in [-0.05, 0) is 36.8 Å². The average Bonchev–Trinajstić information content (AvgIpc) is 3.02. The molecule has 1 saturated heterocycles. The first-order chi connectivity index (χ1) is 15.0. The van der Waals surface area contributed by atoms with Crippen molar-refractivity contribution in [3.63, 3.8) is 0 Å². The molecule has 162 valence electrons. The summed E-state index contributed by atoms with van der Waals surface area (Å²) in [6.07, 6.45) is 3.97. The van der Waals surface area contributed by atoms with Crippen LogP contribution in [0.4, 0.5) is 17.1 Å². The zero-order chi connectivity index (χ0) is 22.0. The molecule has 1 fully saturated rings. The normalized spacial score (nSPS) is 22.3. The fourth-order valence-electron chi connectivity index (χ4n) is 4.25. The molecule has 0 spiro atoms. The molecule has 2 aromatic rings. The number of anilines is 3. The Labute approximate surface area is 181 Å². The lowest BCUT2D eigenvalue weighted by Crippen LogP contribution is -2.48. The van der Waals surface area contributed by atoms with Gasteiger partial charge in [-0.15, -0.1) is 0 Å². The number of piperazine rings is 1. The van der Waals surface area contributed by atoms with E-state index in [1.54, 1.807) is 36.1 Å². The van der Waals surface area contributed by atoms with Gasteiger partial charge >= 0.3 is 0 Å². The molecular formula is C24H27N3O4. The lowest BCUT2D eigenvalue weighted by molar-refractivity contribution is -0.138. The highest BCUT2D eigenvalue weighted by Gasteiger charge is 2.53. The molecule has 31 heavy (non-hydrogen) atoms. The second-order valence-electron chi connectivity index (χ2n) is 7.90. The molecule has 4 rings (SSSR count). The monoisotopic (exact) mass is 421 g/mol. The summed E-state index contributed by atoms with van der Waals surface area (Å²) in [4.78, 5) is 29.2. The Balaban J connectivity index is 1.83. The second kappa shape index (κ2) is 8.63. The van der Waals surface area contributed by atoms with Crippen LogP contribution in [0.15, 0.2) is 60.7 Å². The minimum absolute atomic E-state index is 0.00240. The van der Waals surface area contributed by atoms with E-state index in [2.05, 4.69) is 5.32 Å². The number of rotatable bonds is 6. The Kier molecular flexibility index (Phi) is 5.91. The summed E-state index contributed by atoms with van der Waals surface area (Å²) in [5, 5.41) is 23.9. The first-order valence-electron chi connectivity index (χ1n) is 10.5. The molecule has 7 heteroatoms. The average molecular weight is 421 g/mol. The molecule has 2 aromatic carbocycles. The van der Waals surface area contributed by atoms with E-state index in [1.165, 1.54) is 4.90 Å². The third-order valence-corrected chi connectivity index (χ3v) is 5.96. The van der Waals surface area contributed by atoms with Crippen molar-refractivity contribution in [2.24, 2.45) is 5.92 Å². The van der Waals surface area contributed by atoms with Crippen LogP contribution in [0.1, 0.15) is 18.9 Å². The minimum atomic E-state index is -1.79. The molecule has 0 bridgehead atoms. The number of hydrogen-bond acceptors (Lipinski definition) is 5. The third kappa shape index (κ3) is 3.65.